The summed E-state index contributed by atoms with van der Waals surface area (Å²) in [6.45, 7) is 3.08. The second-order valence-corrected chi connectivity index (χ2v) is 9.79. The molecule has 0 atom stereocenters. The first kappa shape index (κ1) is 23.2. The van der Waals surface area contributed by atoms with Crippen LogP contribution < -0.4 is 9.64 Å². The monoisotopic (exact) mass is 482 g/mol. The van der Waals surface area contributed by atoms with E-state index in [1.165, 1.54) is 16.9 Å². The Bertz CT molecular complexity index is 1130. The Labute approximate surface area is 201 Å². The van der Waals surface area contributed by atoms with Gasteiger partial charge in [-0.05, 0) is 37.6 Å². The Hall–Kier alpha value is -2.97. The molecule has 0 saturated carbocycles. The van der Waals surface area contributed by atoms with Crippen molar-refractivity contribution in [2.45, 2.75) is 24.1 Å². The number of oxime groups is 1. The maximum Gasteiger partial charge on any atom is 0.348 e. The second kappa shape index (κ2) is 10.8. The number of fused-ring (bicyclic) bond motifs is 1. The summed E-state index contributed by atoms with van der Waals surface area (Å²) < 4.78 is 11.6. The topological polar surface area (TPSA) is 71.4 Å². The minimum atomic E-state index is -0.334. The molecule has 0 fully saturated rings. The lowest BCUT2D eigenvalue weighted by Gasteiger charge is -2.30. The molecule has 33 heavy (non-hydrogen) atoms. The van der Waals surface area contributed by atoms with Crippen molar-refractivity contribution in [1.82, 2.24) is 0 Å². The molecule has 2 aromatic rings. The van der Waals surface area contributed by atoms with Gasteiger partial charge in [0.25, 0.3) is 0 Å². The maximum atomic E-state index is 12.8. The number of hydrogen-bond donors (Lipinski definition) is 1. The van der Waals surface area contributed by atoms with Crippen LogP contribution in [0.15, 0.2) is 69.6 Å². The first-order chi connectivity index (χ1) is 16.1. The highest BCUT2D eigenvalue weighted by Crippen LogP contribution is 2.42. The van der Waals surface area contributed by atoms with E-state index in [0.29, 0.717) is 30.3 Å². The summed E-state index contributed by atoms with van der Waals surface area (Å²) in [6, 6.07) is 7.71. The Morgan fingerprint density at radius 2 is 2.03 bits per heavy atom. The zero-order valence-electron chi connectivity index (χ0n) is 18.6. The van der Waals surface area contributed by atoms with Gasteiger partial charge in [0.05, 0.1) is 24.5 Å². The highest BCUT2D eigenvalue weighted by atomic mass is 32.2. The number of anilines is 1. The van der Waals surface area contributed by atoms with Crippen molar-refractivity contribution < 1.29 is 19.5 Å². The third kappa shape index (κ3) is 5.17. The number of thioether (sulfide) groups is 1. The van der Waals surface area contributed by atoms with Gasteiger partial charge in [-0.2, -0.15) is 0 Å². The summed E-state index contributed by atoms with van der Waals surface area (Å²) >= 11 is 3.10. The number of methoxy groups -OCH3 is 1. The van der Waals surface area contributed by atoms with E-state index in [1.54, 1.807) is 25.8 Å². The summed E-state index contributed by atoms with van der Waals surface area (Å²) in [5, 5.41) is 13.5. The average Bonchev–Trinajstić information content (AvgIpc) is 3.02. The number of nitrogens with zero attached hydrogens (tertiary/aromatic N) is 2. The standard InChI is InChI=1S/C25H26N2O4S2/c1-3-31-24(28)23-20-14-27(18-10-12-19(30-2)13-11-18)15-21(26-29)22(20)25(33-23)32-16-17-8-6-4-5-7-9-17/h4-8,10-13,29H,3,9,14-16H2,1-2H3/b26-21+. The smallest absolute Gasteiger partial charge is 0.348 e. The molecule has 1 N–H and O–H groups in total. The van der Waals surface area contributed by atoms with Gasteiger partial charge in [0.2, 0.25) is 0 Å². The summed E-state index contributed by atoms with van der Waals surface area (Å²) in [7, 11) is 1.63. The van der Waals surface area contributed by atoms with Crippen LogP contribution in [0.4, 0.5) is 5.69 Å². The molecule has 0 bridgehead atoms. The zero-order valence-corrected chi connectivity index (χ0v) is 20.2. The lowest BCUT2D eigenvalue weighted by Crippen LogP contribution is -2.36. The molecule has 1 aromatic carbocycles. The van der Waals surface area contributed by atoms with E-state index in [4.69, 9.17) is 9.47 Å². The van der Waals surface area contributed by atoms with E-state index < -0.39 is 0 Å². The molecule has 1 aliphatic carbocycles. The Morgan fingerprint density at radius 1 is 1.21 bits per heavy atom. The van der Waals surface area contributed by atoms with Crippen LogP contribution >= 0.6 is 23.1 Å². The Kier molecular flexibility index (Phi) is 7.57. The Balaban J connectivity index is 1.68. The van der Waals surface area contributed by atoms with Gasteiger partial charge in [-0.15, -0.1) is 23.1 Å². The van der Waals surface area contributed by atoms with E-state index in [1.807, 2.05) is 42.5 Å². The van der Waals surface area contributed by atoms with E-state index >= 15 is 0 Å². The van der Waals surface area contributed by atoms with Crippen molar-refractivity contribution in [2.75, 3.05) is 30.9 Å². The lowest BCUT2D eigenvalue weighted by atomic mass is 10.00. The molecule has 0 unspecified atom stereocenters. The van der Waals surface area contributed by atoms with Crippen LogP contribution in [0.5, 0.6) is 5.75 Å². The third-order valence-corrected chi connectivity index (χ3v) is 8.02. The molecule has 8 heteroatoms. The van der Waals surface area contributed by atoms with Gasteiger partial charge in [0.15, 0.2) is 0 Å². The van der Waals surface area contributed by atoms with E-state index in [2.05, 4.69) is 22.2 Å². The Morgan fingerprint density at radius 3 is 2.76 bits per heavy atom. The minimum absolute atomic E-state index is 0.308. The summed E-state index contributed by atoms with van der Waals surface area (Å²) in [5.74, 6) is 1.23. The number of hydrogen-bond acceptors (Lipinski definition) is 8. The minimum Gasteiger partial charge on any atom is -0.497 e. The van der Waals surface area contributed by atoms with Gasteiger partial charge in [0.1, 0.15) is 16.3 Å². The number of ether oxygens (including phenoxy) is 2. The second-order valence-electron chi connectivity index (χ2n) is 7.52. The van der Waals surface area contributed by atoms with Crippen molar-refractivity contribution in [3.8, 4) is 5.75 Å². The van der Waals surface area contributed by atoms with Crippen LogP contribution in [0.1, 0.15) is 34.1 Å². The number of carbonyl (C=O) groups is 1. The summed E-state index contributed by atoms with van der Waals surface area (Å²) in [4.78, 5) is 15.5. The van der Waals surface area contributed by atoms with E-state index in [0.717, 1.165) is 38.9 Å². The highest BCUT2D eigenvalue weighted by Gasteiger charge is 2.33. The number of allylic oxidation sites excluding steroid dienone is 5. The van der Waals surface area contributed by atoms with E-state index in [-0.39, 0.29) is 5.97 Å². The van der Waals surface area contributed by atoms with Crippen molar-refractivity contribution in [1.29, 1.82) is 0 Å². The van der Waals surface area contributed by atoms with Crippen LogP contribution in [0.2, 0.25) is 0 Å². The van der Waals surface area contributed by atoms with Crippen LogP contribution in [0.3, 0.4) is 0 Å². The molecule has 0 spiro atoms. The first-order valence-corrected chi connectivity index (χ1v) is 12.5. The number of esters is 1. The molecule has 1 aromatic heterocycles. The fraction of sp³-hybridized carbons (Fsp3) is 0.280. The quantitative estimate of drug-likeness (QED) is 0.237. The largest absolute Gasteiger partial charge is 0.497 e. The number of thiophene rings is 1. The fourth-order valence-corrected chi connectivity index (χ4v) is 6.34. The molecular weight excluding hydrogens is 456 g/mol. The molecule has 0 amide bonds. The molecule has 2 aliphatic rings. The van der Waals surface area contributed by atoms with Gasteiger partial charge in [-0.25, -0.2) is 4.79 Å². The fourth-order valence-electron chi connectivity index (χ4n) is 3.80. The van der Waals surface area contributed by atoms with Crippen molar-refractivity contribution in [3.05, 3.63) is 76.2 Å². The predicted molar refractivity (Wildman–Crippen MR) is 134 cm³/mol. The van der Waals surface area contributed by atoms with Crippen LogP contribution in [0.25, 0.3) is 0 Å². The van der Waals surface area contributed by atoms with E-state index in [9.17, 15) is 10.0 Å². The maximum absolute atomic E-state index is 12.8. The predicted octanol–water partition coefficient (Wildman–Crippen LogP) is 5.67. The molecule has 0 radical (unpaired) electrons. The molecule has 6 nitrogen and oxygen atoms in total. The van der Waals surface area contributed by atoms with Gasteiger partial charge < -0.3 is 19.6 Å². The van der Waals surface area contributed by atoms with Gasteiger partial charge >= 0.3 is 5.97 Å². The molecule has 0 saturated heterocycles. The first-order valence-electron chi connectivity index (χ1n) is 10.7. The van der Waals surface area contributed by atoms with Crippen LogP contribution in [-0.2, 0) is 11.3 Å². The number of benzene rings is 1. The average molecular weight is 483 g/mol. The molecular formula is C25H26N2O4S2. The third-order valence-electron chi connectivity index (χ3n) is 5.43. The number of carbonyl (C=O) groups excluding carboxylic acids is 1. The zero-order chi connectivity index (χ0) is 23.2. The van der Waals surface area contributed by atoms with Crippen LogP contribution in [0, 0.1) is 0 Å². The van der Waals surface area contributed by atoms with Crippen molar-refractivity contribution >= 4 is 40.5 Å². The summed E-state index contributed by atoms with van der Waals surface area (Å²) in [6.07, 6.45) is 11.3. The molecule has 2 heterocycles. The molecule has 4 rings (SSSR count). The van der Waals surface area contributed by atoms with Gasteiger partial charge in [-0.3, -0.25) is 0 Å². The van der Waals surface area contributed by atoms with Crippen molar-refractivity contribution in [3.63, 3.8) is 0 Å². The van der Waals surface area contributed by atoms with Gasteiger partial charge in [0, 0.05) is 29.1 Å². The van der Waals surface area contributed by atoms with Gasteiger partial charge in [-0.1, -0.05) is 41.1 Å². The lowest BCUT2D eigenvalue weighted by molar-refractivity contribution is 0.0531. The highest BCUT2D eigenvalue weighted by molar-refractivity contribution is 8.01. The number of rotatable bonds is 7. The SMILES string of the molecule is CCOC(=O)c1sc(SCC2=CC=CC=CC2)c2c1CN(c1ccc(OC)cc1)C/C2=N\O. The summed E-state index contributed by atoms with van der Waals surface area (Å²) in [5.41, 5.74) is 4.52. The normalized spacial score (nSPS) is 16.4. The molecule has 172 valence electrons. The van der Waals surface area contributed by atoms with Crippen molar-refractivity contribution in [2.24, 2.45) is 5.16 Å². The molecule has 1 aliphatic heterocycles. The van der Waals surface area contributed by atoms with Crippen LogP contribution in [-0.4, -0.2) is 42.9 Å².